The number of fused-ring (bicyclic) bond motifs is 1. The zero-order valence-corrected chi connectivity index (χ0v) is 11.3. The Balaban J connectivity index is 2.11. The molecule has 20 heavy (non-hydrogen) atoms. The van der Waals surface area contributed by atoms with Crippen molar-refractivity contribution in [3.8, 4) is 17.3 Å². The molecule has 1 aromatic heterocycles. The van der Waals surface area contributed by atoms with Crippen LogP contribution in [0.15, 0.2) is 24.3 Å². The Morgan fingerprint density at radius 2 is 2.10 bits per heavy atom. The van der Waals surface area contributed by atoms with Crippen molar-refractivity contribution in [1.82, 2.24) is 14.7 Å². The van der Waals surface area contributed by atoms with E-state index in [9.17, 15) is 4.39 Å². The van der Waals surface area contributed by atoms with Crippen molar-refractivity contribution in [2.45, 2.75) is 19.5 Å². The molecule has 1 aromatic carbocycles. The van der Waals surface area contributed by atoms with Gasteiger partial charge in [-0.05, 0) is 31.3 Å². The fourth-order valence-electron chi connectivity index (χ4n) is 2.66. The van der Waals surface area contributed by atoms with Crippen LogP contribution < -0.4 is 0 Å². The van der Waals surface area contributed by atoms with Crippen LogP contribution in [0.4, 0.5) is 4.39 Å². The summed E-state index contributed by atoms with van der Waals surface area (Å²) >= 11 is 0. The molecule has 3 rings (SSSR count). The van der Waals surface area contributed by atoms with Gasteiger partial charge in [0.15, 0.2) is 0 Å². The number of aromatic nitrogens is 2. The maximum absolute atomic E-state index is 13.1. The molecular formula is C15H15FN4. The highest BCUT2D eigenvalue weighted by molar-refractivity contribution is 5.64. The second-order valence-electron chi connectivity index (χ2n) is 5.08. The van der Waals surface area contributed by atoms with Crippen LogP contribution in [0.25, 0.3) is 11.3 Å². The number of likely N-dealkylation sites (N-methyl/N-ethyl adjacent to an activating group) is 1. The van der Waals surface area contributed by atoms with Gasteiger partial charge in [0.1, 0.15) is 12.4 Å². The first-order valence-corrected chi connectivity index (χ1v) is 6.59. The third-order valence-electron chi connectivity index (χ3n) is 3.66. The lowest BCUT2D eigenvalue weighted by atomic mass is 10.0. The molecule has 1 aliphatic rings. The fourth-order valence-corrected chi connectivity index (χ4v) is 2.66. The Morgan fingerprint density at radius 3 is 2.80 bits per heavy atom. The van der Waals surface area contributed by atoms with E-state index in [0.29, 0.717) is 0 Å². The molecule has 102 valence electrons. The van der Waals surface area contributed by atoms with Crippen molar-refractivity contribution in [1.29, 1.82) is 5.26 Å². The number of hydrogen-bond donors (Lipinski definition) is 0. The predicted octanol–water partition coefficient (Wildman–Crippen LogP) is 2.20. The first-order chi connectivity index (χ1) is 9.69. The van der Waals surface area contributed by atoms with Crippen molar-refractivity contribution in [2.24, 2.45) is 0 Å². The van der Waals surface area contributed by atoms with E-state index in [1.807, 2.05) is 0 Å². The van der Waals surface area contributed by atoms with E-state index in [0.717, 1.165) is 42.0 Å². The average molecular weight is 270 g/mol. The number of nitrogens with zero attached hydrogens (tertiary/aromatic N) is 4. The summed E-state index contributed by atoms with van der Waals surface area (Å²) in [6, 6.07) is 8.51. The van der Waals surface area contributed by atoms with Crippen LogP contribution in [0.3, 0.4) is 0 Å². The minimum absolute atomic E-state index is 0.254. The maximum Gasteiger partial charge on any atom is 0.128 e. The van der Waals surface area contributed by atoms with Gasteiger partial charge in [-0.2, -0.15) is 10.4 Å². The van der Waals surface area contributed by atoms with Gasteiger partial charge in [0, 0.05) is 36.3 Å². The molecule has 0 spiro atoms. The van der Waals surface area contributed by atoms with E-state index in [-0.39, 0.29) is 12.4 Å². The highest BCUT2D eigenvalue weighted by Gasteiger charge is 2.23. The molecule has 4 nitrogen and oxygen atoms in total. The predicted molar refractivity (Wildman–Crippen MR) is 73.3 cm³/mol. The lowest BCUT2D eigenvalue weighted by molar-refractivity contribution is 0.308. The van der Waals surface area contributed by atoms with Crippen LogP contribution >= 0.6 is 0 Å². The molecule has 0 aliphatic carbocycles. The number of halogens is 1. The van der Waals surface area contributed by atoms with E-state index in [4.69, 9.17) is 5.26 Å². The molecule has 0 bridgehead atoms. The van der Waals surface area contributed by atoms with Gasteiger partial charge in [0.25, 0.3) is 0 Å². The van der Waals surface area contributed by atoms with Gasteiger partial charge in [0.2, 0.25) is 0 Å². The molecule has 0 N–H and O–H groups in total. The second kappa shape index (κ2) is 5.06. The van der Waals surface area contributed by atoms with Crippen molar-refractivity contribution >= 4 is 0 Å². The highest BCUT2D eigenvalue weighted by Crippen LogP contribution is 2.29. The Hall–Kier alpha value is -2.19. The van der Waals surface area contributed by atoms with Gasteiger partial charge in [-0.15, -0.1) is 0 Å². The summed E-state index contributed by atoms with van der Waals surface area (Å²) in [4.78, 5) is 2.23. The Kier molecular flexibility index (Phi) is 3.25. The average Bonchev–Trinajstić information content (AvgIpc) is 2.78. The summed E-state index contributed by atoms with van der Waals surface area (Å²) in [5.41, 5.74) is 4.04. The number of rotatable bonds is 2. The molecule has 2 aromatic rings. The van der Waals surface area contributed by atoms with Crippen LogP contribution in [0.1, 0.15) is 11.3 Å². The van der Waals surface area contributed by atoms with Crippen molar-refractivity contribution < 1.29 is 4.39 Å². The van der Waals surface area contributed by atoms with Crippen LogP contribution in [-0.4, -0.2) is 28.3 Å². The Bertz CT molecular complexity index is 666. The zero-order chi connectivity index (χ0) is 14.1. The third-order valence-corrected chi connectivity index (χ3v) is 3.66. The number of nitriles is 1. The fraction of sp³-hybridized carbons (Fsp3) is 0.333. The smallest absolute Gasteiger partial charge is 0.128 e. The van der Waals surface area contributed by atoms with E-state index < -0.39 is 0 Å². The van der Waals surface area contributed by atoms with Crippen LogP contribution in [0.5, 0.6) is 0 Å². The molecule has 0 unspecified atom stereocenters. The van der Waals surface area contributed by atoms with Crippen molar-refractivity contribution in [3.05, 3.63) is 41.3 Å². The quantitative estimate of drug-likeness (QED) is 0.840. The Morgan fingerprint density at radius 1 is 1.35 bits per heavy atom. The molecule has 5 heteroatoms. The molecular weight excluding hydrogens is 255 g/mol. The molecule has 0 atom stereocenters. The molecule has 0 fully saturated rings. The zero-order valence-electron chi connectivity index (χ0n) is 11.3. The normalized spacial score (nSPS) is 14.8. The monoisotopic (exact) mass is 270 g/mol. The van der Waals surface area contributed by atoms with Gasteiger partial charge in [-0.25, -0.2) is 4.39 Å². The molecule has 2 heterocycles. The van der Waals surface area contributed by atoms with Crippen LogP contribution in [0, 0.1) is 17.1 Å². The topological polar surface area (TPSA) is 44.9 Å². The van der Waals surface area contributed by atoms with Crippen molar-refractivity contribution in [2.75, 3.05) is 13.6 Å². The molecule has 0 radical (unpaired) electrons. The first kappa shape index (κ1) is 12.8. The molecule has 0 saturated heterocycles. The summed E-state index contributed by atoms with van der Waals surface area (Å²) in [6.45, 7) is 2.04. The van der Waals surface area contributed by atoms with Gasteiger partial charge >= 0.3 is 0 Å². The summed E-state index contributed by atoms with van der Waals surface area (Å²) in [6.07, 6.45) is 0.891. The SMILES string of the molecule is CN1CCc2c(c(-c3ccc(F)cc3)nn2CC#N)C1. The van der Waals surface area contributed by atoms with Crippen LogP contribution in [0.2, 0.25) is 0 Å². The molecule has 1 aliphatic heterocycles. The summed E-state index contributed by atoms with van der Waals surface area (Å²) in [5.74, 6) is -0.254. The lowest BCUT2D eigenvalue weighted by Gasteiger charge is -2.23. The van der Waals surface area contributed by atoms with E-state index in [1.54, 1.807) is 16.8 Å². The largest absolute Gasteiger partial charge is 0.302 e. The minimum Gasteiger partial charge on any atom is -0.302 e. The standard InChI is InChI=1S/C15H15FN4/c1-19-8-6-14-13(10-19)15(18-20(14)9-7-17)11-2-4-12(16)5-3-11/h2-5H,6,8-10H2,1H3. The summed E-state index contributed by atoms with van der Waals surface area (Å²) < 4.78 is 14.8. The summed E-state index contributed by atoms with van der Waals surface area (Å²) in [7, 11) is 2.07. The number of benzene rings is 1. The molecule has 0 saturated carbocycles. The van der Waals surface area contributed by atoms with Gasteiger partial charge in [-0.3, -0.25) is 4.68 Å². The number of hydrogen-bond acceptors (Lipinski definition) is 3. The van der Waals surface area contributed by atoms with Gasteiger partial charge < -0.3 is 4.90 Å². The maximum atomic E-state index is 13.1. The molecule has 0 amide bonds. The van der Waals surface area contributed by atoms with Gasteiger partial charge in [-0.1, -0.05) is 0 Å². The lowest BCUT2D eigenvalue weighted by Crippen LogP contribution is -2.27. The van der Waals surface area contributed by atoms with Gasteiger partial charge in [0.05, 0.1) is 11.8 Å². The Labute approximate surface area is 117 Å². The van der Waals surface area contributed by atoms with E-state index >= 15 is 0 Å². The first-order valence-electron chi connectivity index (χ1n) is 6.59. The van der Waals surface area contributed by atoms with Crippen LogP contribution in [-0.2, 0) is 19.5 Å². The third kappa shape index (κ3) is 2.19. The van der Waals surface area contributed by atoms with Crippen molar-refractivity contribution in [3.63, 3.8) is 0 Å². The second-order valence-corrected chi connectivity index (χ2v) is 5.08. The minimum atomic E-state index is -0.254. The highest BCUT2D eigenvalue weighted by atomic mass is 19.1. The van der Waals surface area contributed by atoms with E-state index in [1.165, 1.54) is 12.1 Å². The van der Waals surface area contributed by atoms with E-state index in [2.05, 4.69) is 23.1 Å². The summed E-state index contributed by atoms with van der Waals surface area (Å²) in [5, 5.41) is 13.5.